The van der Waals surface area contributed by atoms with Crippen molar-refractivity contribution in [1.82, 2.24) is 0 Å². The number of halogens is 1. The van der Waals surface area contributed by atoms with Crippen LogP contribution in [0.5, 0.6) is 5.75 Å². The molecule has 0 bridgehead atoms. The molecular weight excluding hydrogens is 251 g/mol. The van der Waals surface area contributed by atoms with Crippen LogP contribution in [0.4, 0.5) is 0 Å². The summed E-state index contributed by atoms with van der Waals surface area (Å²) in [6.07, 6.45) is 0. The van der Waals surface area contributed by atoms with E-state index in [1.165, 1.54) is 0 Å². The summed E-state index contributed by atoms with van der Waals surface area (Å²) in [6.45, 7) is 3.83. The summed E-state index contributed by atoms with van der Waals surface area (Å²) >= 11 is 2.19. The van der Waals surface area contributed by atoms with E-state index in [-0.39, 0.29) is 0 Å². The summed E-state index contributed by atoms with van der Waals surface area (Å²) in [5.74, 6) is 0.875. The van der Waals surface area contributed by atoms with E-state index in [1.807, 2.05) is 24.3 Å². The molecule has 0 N–H and O–H groups in total. The van der Waals surface area contributed by atoms with Crippen molar-refractivity contribution in [3.63, 3.8) is 0 Å². The van der Waals surface area contributed by atoms with Crippen molar-refractivity contribution in [3.05, 3.63) is 36.4 Å². The topological polar surface area (TPSA) is 9.23 Å². The van der Waals surface area contributed by atoms with Gasteiger partial charge in [0.05, 0.1) is 7.11 Å². The van der Waals surface area contributed by atoms with Crippen LogP contribution in [0, 0.1) is 0 Å². The van der Waals surface area contributed by atoms with Gasteiger partial charge in [-0.3, -0.25) is 0 Å². The summed E-state index contributed by atoms with van der Waals surface area (Å²) in [7, 11) is 1.66. The second-order valence-electron chi connectivity index (χ2n) is 2.14. The van der Waals surface area contributed by atoms with Crippen molar-refractivity contribution in [2.24, 2.45) is 0 Å². The van der Waals surface area contributed by atoms with Crippen molar-refractivity contribution < 1.29 is 4.74 Å². The average molecular weight is 260 g/mol. The van der Waals surface area contributed by atoms with E-state index < -0.39 is 0 Å². The van der Waals surface area contributed by atoms with Crippen molar-refractivity contribution in [2.75, 3.05) is 7.11 Å². The highest BCUT2D eigenvalue weighted by Gasteiger charge is 1.95. The molecule has 0 amide bonds. The number of hydrogen-bond acceptors (Lipinski definition) is 1. The van der Waals surface area contributed by atoms with E-state index in [0.717, 1.165) is 14.9 Å². The molecule has 1 nitrogen and oxygen atoms in total. The normalized spacial score (nSPS) is 9.27. The molecule has 1 aromatic carbocycles. The van der Waals surface area contributed by atoms with Gasteiger partial charge in [0.25, 0.3) is 0 Å². The van der Waals surface area contributed by atoms with Gasteiger partial charge >= 0.3 is 0 Å². The second-order valence-corrected chi connectivity index (χ2v) is 3.44. The van der Waals surface area contributed by atoms with Gasteiger partial charge < -0.3 is 4.74 Å². The fraction of sp³-hybridized carbons (Fsp3) is 0.111. The molecule has 0 fully saturated rings. The molecule has 0 saturated heterocycles. The maximum absolute atomic E-state index is 5.06. The van der Waals surface area contributed by atoms with Gasteiger partial charge in [-0.05, 0) is 40.3 Å². The quantitative estimate of drug-likeness (QED) is 0.742. The Morgan fingerprint density at radius 3 is 2.82 bits per heavy atom. The van der Waals surface area contributed by atoms with Crippen LogP contribution in [0.3, 0.4) is 0 Å². The second kappa shape index (κ2) is 3.76. The van der Waals surface area contributed by atoms with Gasteiger partial charge in [-0.25, -0.2) is 0 Å². The molecule has 0 radical (unpaired) electrons. The third-order valence-electron chi connectivity index (χ3n) is 1.38. The first-order valence-corrected chi connectivity index (χ1v) is 4.31. The minimum Gasteiger partial charge on any atom is -0.497 e. The summed E-state index contributed by atoms with van der Waals surface area (Å²) in [4.78, 5) is 0. The Morgan fingerprint density at radius 2 is 2.27 bits per heavy atom. The Labute approximate surface area is 80.2 Å². The molecule has 2 heteroatoms. The average Bonchev–Trinajstić information content (AvgIpc) is 2.05. The van der Waals surface area contributed by atoms with Crippen LogP contribution in [0.15, 0.2) is 30.8 Å². The number of rotatable bonds is 2. The first-order chi connectivity index (χ1) is 5.24. The predicted molar refractivity (Wildman–Crippen MR) is 56.0 cm³/mol. The Hall–Kier alpha value is -0.510. The highest BCUT2D eigenvalue weighted by atomic mass is 127. The standard InChI is InChI=1S/C9H9IO/c1-7(10)8-4-3-5-9(6-8)11-2/h3-6H,1H2,2H3. The Morgan fingerprint density at radius 1 is 1.55 bits per heavy atom. The minimum absolute atomic E-state index is 0.875. The van der Waals surface area contributed by atoms with Crippen LogP contribution in [-0.2, 0) is 0 Å². The smallest absolute Gasteiger partial charge is 0.119 e. The molecule has 0 atom stereocenters. The first-order valence-electron chi connectivity index (χ1n) is 3.23. The van der Waals surface area contributed by atoms with Crippen LogP contribution < -0.4 is 4.74 Å². The predicted octanol–water partition coefficient (Wildman–Crippen LogP) is 3.10. The Balaban J connectivity index is 3.01. The van der Waals surface area contributed by atoms with E-state index in [2.05, 4.69) is 29.2 Å². The largest absolute Gasteiger partial charge is 0.497 e. The van der Waals surface area contributed by atoms with Crippen molar-refractivity contribution in [2.45, 2.75) is 0 Å². The molecule has 11 heavy (non-hydrogen) atoms. The molecule has 1 rings (SSSR count). The lowest BCUT2D eigenvalue weighted by molar-refractivity contribution is 0.414. The number of hydrogen-bond donors (Lipinski definition) is 0. The summed E-state index contributed by atoms with van der Waals surface area (Å²) in [5, 5.41) is 0. The van der Waals surface area contributed by atoms with Gasteiger partial charge in [-0.1, -0.05) is 18.7 Å². The zero-order valence-electron chi connectivity index (χ0n) is 6.30. The molecule has 0 aliphatic heterocycles. The number of methoxy groups -OCH3 is 1. The van der Waals surface area contributed by atoms with E-state index in [1.54, 1.807) is 7.11 Å². The lowest BCUT2D eigenvalue weighted by Crippen LogP contribution is -1.82. The molecular formula is C9H9IO. The molecule has 0 saturated carbocycles. The van der Waals surface area contributed by atoms with Gasteiger partial charge in [0, 0.05) is 3.58 Å². The minimum atomic E-state index is 0.875. The highest BCUT2D eigenvalue weighted by molar-refractivity contribution is 14.1. The lowest BCUT2D eigenvalue weighted by Gasteiger charge is -2.01. The van der Waals surface area contributed by atoms with Crippen molar-refractivity contribution in [1.29, 1.82) is 0 Å². The maximum Gasteiger partial charge on any atom is 0.119 e. The maximum atomic E-state index is 5.06. The van der Waals surface area contributed by atoms with E-state index in [9.17, 15) is 0 Å². The molecule has 0 unspecified atom stereocenters. The van der Waals surface area contributed by atoms with Crippen LogP contribution in [0.1, 0.15) is 5.56 Å². The monoisotopic (exact) mass is 260 g/mol. The molecule has 58 valence electrons. The fourth-order valence-electron chi connectivity index (χ4n) is 0.792. The lowest BCUT2D eigenvalue weighted by atomic mass is 10.2. The van der Waals surface area contributed by atoms with E-state index >= 15 is 0 Å². The molecule has 0 aliphatic carbocycles. The van der Waals surface area contributed by atoms with Gasteiger partial charge in [0.2, 0.25) is 0 Å². The van der Waals surface area contributed by atoms with E-state index in [4.69, 9.17) is 4.74 Å². The van der Waals surface area contributed by atoms with Crippen LogP contribution in [0.25, 0.3) is 3.58 Å². The number of ether oxygens (including phenoxy) is 1. The van der Waals surface area contributed by atoms with E-state index in [0.29, 0.717) is 0 Å². The molecule has 0 spiro atoms. The fourth-order valence-corrected chi connectivity index (χ4v) is 1.13. The SMILES string of the molecule is C=C(I)c1cccc(OC)c1. The third kappa shape index (κ3) is 2.22. The van der Waals surface area contributed by atoms with Gasteiger partial charge in [-0.2, -0.15) is 0 Å². The van der Waals surface area contributed by atoms with Crippen molar-refractivity contribution >= 4 is 26.2 Å². The summed E-state index contributed by atoms with van der Waals surface area (Å²) in [5.41, 5.74) is 1.12. The molecule has 1 aromatic rings. The highest BCUT2D eigenvalue weighted by Crippen LogP contribution is 2.22. The van der Waals surface area contributed by atoms with Crippen LogP contribution >= 0.6 is 22.6 Å². The van der Waals surface area contributed by atoms with Crippen molar-refractivity contribution in [3.8, 4) is 5.75 Å². The Kier molecular flexibility index (Phi) is 2.93. The van der Waals surface area contributed by atoms with Gasteiger partial charge in [0.15, 0.2) is 0 Å². The molecule has 0 aromatic heterocycles. The van der Waals surface area contributed by atoms with Gasteiger partial charge in [0.1, 0.15) is 5.75 Å². The number of benzene rings is 1. The summed E-state index contributed by atoms with van der Waals surface area (Å²) in [6, 6.07) is 7.85. The summed E-state index contributed by atoms with van der Waals surface area (Å²) < 4.78 is 6.09. The zero-order valence-corrected chi connectivity index (χ0v) is 8.46. The van der Waals surface area contributed by atoms with Crippen LogP contribution in [0.2, 0.25) is 0 Å². The van der Waals surface area contributed by atoms with Crippen LogP contribution in [-0.4, -0.2) is 7.11 Å². The zero-order chi connectivity index (χ0) is 8.27. The molecule has 0 aliphatic rings. The molecule has 0 heterocycles. The Bertz CT molecular complexity index is 268. The first kappa shape index (κ1) is 8.59. The van der Waals surface area contributed by atoms with Gasteiger partial charge in [-0.15, -0.1) is 0 Å². The third-order valence-corrected chi connectivity index (χ3v) is 2.01.